The summed E-state index contributed by atoms with van der Waals surface area (Å²) in [7, 11) is -0.786. The van der Waals surface area contributed by atoms with Crippen molar-refractivity contribution in [1.29, 1.82) is 0 Å². The number of sulfonamides is 1. The van der Waals surface area contributed by atoms with E-state index in [1.54, 1.807) is 14.1 Å². The van der Waals surface area contributed by atoms with Gasteiger partial charge in [0.05, 0.1) is 11.7 Å². The van der Waals surface area contributed by atoms with Crippen LogP contribution in [0.4, 0.5) is 0 Å². The summed E-state index contributed by atoms with van der Waals surface area (Å²) in [5, 5.41) is 4.74. The summed E-state index contributed by atoms with van der Waals surface area (Å²) in [5.41, 5.74) is 0.257. The van der Waals surface area contributed by atoms with Crippen LogP contribution in [0.15, 0.2) is 17.3 Å². The molecule has 0 radical (unpaired) electrons. The summed E-state index contributed by atoms with van der Waals surface area (Å²) in [6.07, 6.45) is 2.88. The molecule has 1 aliphatic rings. The van der Waals surface area contributed by atoms with E-state index in [1.165, 1.54) is 17.2 Å². The SMILES string of the molecule is CN(C)C(=O)c1cnc(S(N)(=O)=O)c(OC2CC2)c1. The van der Waals surface area contributed by atoms with E-state index < -0.39 is 10.0 Å². The number of hydrogen-bond donors (Lipinski definition) is 1. The largest absolute Gasteiger partial charge is 0.487 e. The summed E-state index contributed by atoms with van der Waals surface area (Å²) < 4.78 is 28.3. The molecule has 0 atom stereocenters. The first-order valence-electron chi connectivity index (χ1n) is 5.70. The minimum Gasteiger partial charge on any atom is -0.487 e. The molecule has 104 valence electrons. The zero-order valence-electron chi connectivity index (χ0n) is 10.7. The molecule has 1 aliphatic carbocycles. The predicted molar refractivity (Wildman–Crippen MR) is 67.3 cm³/mol. The molecule has 1 aromatic heterocycles. The van der Waals surface area contributed by atoms with Crippen molar-refractivity contribution < 1.29 is 17.9 Å². The number of amides is 1. The molecule has 1 fully saturated rings. The predicted octanol–water partition coefficient (Wildman–Crippen LogP) is -0.0280. The van der Waals surface area contributed by atoms with Crippen LogP contribution in [0.1, 0.15) is 23.2 Å². The van der Waals surface area contributed by atoms with Gasteiger partial charge in [-0.05, 0) is 18.9 Å². The molecule has 2 rings (SSSR count). The van der Waals surface area contributed by atoms with Crippen LogP contribution in [-0.4, -0.2) is 44.4 Å². The third-order valence-corrected chi connectivity index (χ3v) is 3.40. The van der Waals surface area contributed by atoms with Gasteiger partial charge in [0.15, 0.2) is 5.75 Å². The zero-order chi connectivity index (χ0) is 14.2. The van der Waals surface area contributed by atoms with Gasteiger partial charge in [-0.15, -0.1) is 0 Å². The second-order valence-electron chi connectivity index (χ2n) is 4.59. The van der Waals surface area contributed by atoms with Crippen LogP contribution in [-0.2, 0) is 10.0 Å². The highest BCUT2D eigenvalue weighted by Crippen LogP contribution is 2.30. The van der Waals surface area contributed by atoms with Crippen LogP contribution in [0.25, 0.3) is 0 Å². The van der Waals surface area contributed by atoms with E-state index in [4.69, 9.17) is 9.88 Å². The number of hydrogen-bond acceptors (Lipinski definition) is 5. The Kier molecular flexibility index (Phi) is 3.46. The average Bonchev–Trinajstić information content (AvgIpc) is 3.10. The lowest BCUT2D eigenvalue weighted by atomic mass is 10.2. The summed E-state index contributed by atoms with van der Waals surface area (Å²) in [6, 6.07) is 1.37. The molecule has 0 aliphatic heterocycles. The number of rotatable bonds is 4. The Labute approximate surface area is 111 Å². The zero-order valence-corrected chi connectivity index (χ0v) is 11.5. The average molecular weight is 285 g/mol. The molecular formula is C11H15N3O4S. The van der Waals surface area contributed by atoms with E-state index in [1.807, 2.05) is 0 Å². The van der Waals surface area contributed by atoms with Crippen molar-refractivity contribution in [3.8, 4) is 5.75 Å². The van der Waals surface area contributed by atoms with Crippen molar-refractivity contribution in [2.24, 2.45) is 5.14 Å². The lowest BCUT2D eigenvalue weighted by molar-refractivity contribution is 0.0826. The van der Waals surface area contributed by atoms with Gasteiger partial charge in [-0.2, -0.15) is 0 Å². The third kappa shape index (κ3) is 3.21. The van der Waals surface area contributed by atoms with Crippen LogP contribution < -0.4 is 9.88 Å². The monoisotopic (exact) mass is 285 g/mol. The molecule has 7 nitrogen and oxygen atoms in total. The number of pyridine rings is 1. The molecule has 8 heteroatoms. The second-order valence-corrected chi connectivity index (χ2v) is 6.07. The highest BCUT2D eigenvalue weighted by Gasteiger charge is 2.28. The van der Waals surface area contributed by atoms with Gasteiger partial charge in [-0.1, -0.05) is 0 Å². The van der Waals surface area contributed by atoms with Crippen molar-refractivity contribution in [2.75, 3.05) is 14.1 Å². The smallest absolute Gasteiger partial charge is 0.259 e. The molecule has 1 aromatic rings. The van der Waals surface area contributed by atoms with Crippen LogP contribution in [0.3, 0.4) is 0 Å². The normalized spacial score (nSPS) is 15.1. The molecule has 1 heterocycles. The number of primary sulfonamides is 1. The molecule has 0 bridgehead atoms. The maximum Gasteiger partial charge on any atom is 0.259 e. The van der Waals surface area contributed by atoms with E-state index in [0.717, 1.165) is 12.8 Å². The quantitative estimate of drug-likeness (QED) is 0.837. The number of nitrogens with two attached hydrogens (primary N) is 1. The van der Waals surface area contributed by atoms with E-state index in [0.29, 0.717) is 0 Å². The standard InChI is InChI=1S/C11H15N3O4S/c1-14(2)11(15)7-5-9(18-8-3-4-8)10(13-6-7)19(12,16)17/h5-6,8H,3-4H2,1-2H3,(H2,12,16,17). The lowest BCUT2D eigenvalue weighted by Gasteiger charge is -2.13. The molecule has 1 amide bonds. The number of aromatic nitrogens is 1. The fraction of sp³-hybridized carbons (Fsp3) is 0.455. The van der Waals surface area contributed by atoms with Crippen LogP contribution >= 0.6 is 0 Å². The third-order valence-electron chi connectivity index (χ3n) is 2.56. The summed E-state index contributed by atoms with van der Waals surface area (Å²) >= 11 is 0. The first-order valence-corrected chi connectivity index (χ1v) is 7.25. The fourth-order valence-corrected chi connectivity index (χ4v) is 2.06. The summed E-state index contributed by atoms with van der Waals surface area (Å²) in [4.78, 5) is 16.9. The van der Waals surface area contributed by atoms with Gasteiger partial charge >= 0.3 is 0 Å². The molecule has 0 saturated heterocycles. The maximum atomic E-state index is 11.8. The Morgan fingerprint density at radius 3 is 2.58 bits per heavy atom. The Hall–Kier alpha value is -1.67. The molecular weight excluding hydrogens is 270 g/mol. The topological polar surface area (TPSA) is 103 Å². The number of nitrogens with zero attached hydrogens (tertiary/aromatic N) is 2. The molecule has 0 aromatic carbocycles. The van der Waals surface area contributed by atoms with Gasteiger partial charge in [0.2, 0.25) is 5.03 Å². The van der Waals surface area contributed by atoms with Crippen molar-refractivity contribution in [3.05, 3.63) is 17.8 Å². The van der Waals surface area contributed by atoms with E-state index in [2.05, 4.69) is 4.98 Å². The van der Waals surface area contributed by atoms with Gasteiger partial charge in [-0.25, -0.2) is 18.5 Å². The lowest BCUT2D eigenvalue weighted by Crippen LogP contribution is -2.23. The number of carbonyl (C=O) groups is 1. The van der Waals surface area contributed by atoms with Crippen LogP contribution in [0.2, 0.25) is 0 Å². The Morgan fingerprint density at radius 2 is 2.11 bits per heavy atom. The van der Waals surface area contributed by atoms with Crippen molar-refractivity contribution in [2.45, 2.75) is 24.0 Å². The minimum absolute atomic E-state index is 0.0213. The van der Waals surface area contributed by atoms with Crippen molar-refractivity contribution in [3.63, 3.8) is 0 Å². The Balaban J connectivity index is 2.43. The molecule has 1 saturated carbocycles. The first-order chi connectivity index (χ1) is 8.79. The highest BCUT2D eigenvalue weighted by molar-refractivity contribution is 7.89. The maximum absolute atomic E-state index is 11.8. The first kappa shape index (κ1) is 13.8. The minimum atomic E-state index is -3.98. The van der Waals surface area contributed by atoms with Crippen LogP contribution in [0, 0.1) is 0 Å². The van der Waals surface area contributed by atoms with Gasteiger partial charge < -0.3 is 9.64 Å². The molecule has 2 N–H and O–H groups in total. The summed E-state index contributed by atoms with van der Waals surface area (Å²) in [5.74, 6) is -0.244. The second kappa shape index (κ2) is 4.78. The van der Waals surface area contributed by atoms with Gasteiger partial charge in [0, 0.05) is 20.3 Å². The van der Waals surface area contributed by atoms with Crippen molar-refractivity contribution in [1.82, 2.24) is 9.88 Å². The molecule has 19 heavy (non-hydrogen) atoms. The van der Waals surface area contributed by atoms with Gasteiger partial charge in [0.1, 0.15) is 0 Å². The molecule has 0 unspecified atom stereocenters. The Bertz CT molecular complexity index is 608. The molecule has 0 spiro atoms. The van der Waals surface area contributed by atoms with Gasteiger partial charge in [0.25, 0.3) is 15.9 Å². The summed E-state index contributed by atoms with van der Waals surface area (Å²) in [6.45, 7) is 0. The number of carbonyl (C=O) groups excluding carboxylic acids is 1. The fourth-order valence-electron chi connectivity index (χ4n) is 1.47. The van der Waals surface area contributed by atoms with E-state index in [-0.39, 0.29) is 28.4 Å². The Morgan fingerprint density at radius 1 is 1.47 bits per heavy atom. The van der Waals surface area contributed by atoms with E-state index >= 15 is 0 Å². The number of ether oxygens (including phenoxy) is 1. The highest BCUT2D eigenvalue weighted by atomic mass is 32.2. The van der Waals surface area contributed by atoms with E-state index in [9.17, 15) is 13.2 Å². The van der Waals surface area contributed by atoms with Crippen molar-refractivity contribution >= 4 is 15.9 Å². The van der Waals surface area contributed by atoms with Gasteiger partial charge in [-0.3, -0.25) is 4.79 Å². The van der Waals surface area contributed by atoms with Crippen LogP contribution in [0.5, 0.6) is 5.75 Å².